The van der Waals surface area contributed by atoms with Crippen molar-refractivity contribution in [1.82, 2.24) is 0 Å². The SMILES string of the molecule is O=C([O-])c1ccccc1.O=C([O-])c1ccccc1.O=C([O-])c1ccccc1.O=C([O-])c1ccccc1.[Pt+4]. The van der Waals surface area contributed by atoms with Gasteiger partial charge in [0.15, 0.2) is 0 Å². The van der Waals surface area contributed by atoms with Crippen LogP contribution in [0.4, 0.5) is 0 Å². The molecule has 0 atom stereocenters. The zero-order valence-electron chi connectivity index (χ0n) is 19.1. The fourth-order valence-corrected chi connectivity index (χ4v) is 2.30. The number of rotatable bonds is 4. The third-order valence-corrected chi connectivity index (χ3v) is 4.04. The van der Waals surface area contributed by atoms with Crippen LogP contribution in [-0.2, 0) is 21.1 Å². The van der Waals surface area contributed by atoms with Crippen LogP contribution in [0.1, 0.15) is 41.4 Å². The van der Waals surface area contributed by atoms with E-state index in [1.807, 2.05) is 0 Å². The Morgan fingerprint density at radius 3 is 0.541 bits per heavy atom. The van der Waals surface area contributed by atoms with Gasteiger partial charge >= 0.3 is 21.1 Å². The minimum atomic E-state index is -1.13. The second kappa shape index (κ2) is 18.7. The van der Waals surface area contributed by atoms with Crippen LogP contribution >= 0.6 is 0 Å². The molecule has 0 aromatic heterocycles. The Bertz CT molecular complexity index is 1020. The molecule has 0 aliphatic carbocycles. The molecule has 8 nitrogen and oxygen atoms in total. The van der Waals surface area contributed by atoms with Crippen molar-refractivity contribution in [3.63, 3.8) is 0 Å². The molecule has 0 N–H and O–H groups in total. The summed E-state index contributed by atoms with van der Waals surface area (Å²) in [5, 5.41) is 40.4. The van der Waals surface area contributed by atoms with Gasteiger partial charge in [0.25, 0.3) is 0 Å². The van der Waals surface area contributed by atoms with Crippen molar-refractivity contribution >= 4 is 23.9 Å². The molecule has 0 aliphatic rings. The van der Waals surface area contributed by atoms with Gasteiger partial charge in [-0.3, -0.25) is 0 Å². The molecule has 0 unspecified atom stereocenters. The van der Waals surface area contributed by atoms with E-state index in [0.717, 1.165) is 0 Å². The molecule has 0 spiro atoms. The van der Waals surface area contributed by atoms with Crippen molar-refractivity contribution in [2.45, 2.75) is 0 Å². The Morgan fingerprint density at radius 2 is 0.459 bits per heavy atom. The van der Waals surface area contributed by atoms with Gasteiger partial charge in [-0.25, -0.2) is 0 Å². The average molecular weight is 680 g/mol. The van der Waals surface area contributed by atoms with Gasteiger partial charge < -0.3 is 39.6 Å². The quantitative estimate of drug-likeness (QED) is 0.296. The molecule has 0 bridgehead atoms. The maximum absolute atomic E-state index is 10.1. The maximum Gasteiger partial charge on any atom is 4.00 e. The van der Waals surface area contributed by atoms with Crippen LogP contribution < -0.4 is 20.4 Å². The Labute approximate surface area is 227 Å². The molecule has 37 heavy (non-hydrogen) atoms. The van der Waals surface area contributed by atoms with E-state index in [1.54, 1.807) is 72.8 Å². The summed E-state index contributed by atoms with van der Waals surface area (Å²) < 4.78 is 0. The molecule has 4 rings (SSSR count). The van der Waals surface area contributed by atoms with Crippen molar-refractivity contribution in [3.8, 4) is 0 Å². The summed E-state index contributed by atoms with van der Waals surface area (Å²) >= 11 is 0. The first-order chi connectivity index (χ1) is 17.2. The van der Waals surface area contributed by atoms with Crippen LogP contribution in [0.3, 0.4) is 0 Å². The van der Waals surface area contributed by atoms with Gasteiger partial charge in [0, 0.05) is 0 Å². The fourth-order valence-electron chi connectivity index (χ4n) is 2.30. The molecule has 0 radical (unpaired) electrons. The Balaban J connectivity index is 0.000000463. The maximum atomic E-state index is 10.1. The van der Waals surface area contributed by atoms with Crippen LogP contribution in [0.5, 0.6) is 0 Å². The summed E-state index contributed by atoms with van der Waals surface area (Å²) in [4.78, 5) is 40.4. The normalized spacial score (nSPS) is 8.65. The van der Waals surface area contributed by atoms with E-state index in [-0.39, 0.29) is 43.3 Å². The predicted octanol–water partition coefficient (Wildman–Crippen LogP) is 0.198. The van der Waals surface area contributed by atoms with Crippen molar-refractivity contribution in [2.75, 3.05) is 0 Å². The van der Waals surface area contributed by atoms with Crippen LogP contribution in [0.25, 0.3) is 0 Å². The third kappa shape index (κ3) is 14.4. The van der Waals surface area contributed by atoms with Gasteiger partial charge in [0.05, 0.1) is 23.9 Å². The summed E-state index contributed by atoms with van der Waals surface area (Å²) in [6, 6.07) is 32.3. The average Bonchev–Trinajstić information content (AvgIpc) is 2.92. The number of hydrogen-bond donors (Lipinski definition) is 0. The number of carboxylic acid groups (broad SMARTS) is 4. The summed E-state index contributed by atoms with van der Waals surface area (Å²) in [5.41, 5.74) is 0.880. The van der Waals surface area contributed by atoms with E-state index in [9.17, 15) is 39.6 Å². The van der Waals surface area contributed by atoms with Gasteiger partial charge in [0.1, 0.15) is 0 Å². The monoisotopic (exact) mass is 679 g/mol. The first-order valence-corrected chi connectivity index (χ1v) is 10.3. The van der Waals surface area contributed by atoms with Gasteiger partial charge in [-0.15, -0.1) is 0 Å². The van der Waals surface area contributed by atoms with E-state index in [4.69, 9.17) is 0 Å². The van der Waals surface area contributed by atoms with Crippen molar-refractivity contribution in [2.24, 2.45) is 0 Å². The van der Waals surface area contributed by atoms with E-state index in [1.165, 1.54) is 48.5 Å². The Kier molecular flexibility index (Phi) is 16.4. The zero-order valence-corrected chi connectivity index (χ0v) is 21.4. The van der Waals surface area contributed by atoms with E-state index in [2.05, 4.69) is 0 Å². The number of benzene rings is 4. The second-order valence-electron chi connectivity index (χ2n) is 6.61. The minimum Gasteiger partial charge on any atom is -0.545 e. The minimum absolute atomic E-state index is 0. The summed E-state index contributed by atoms with van der Waals surface area (Å²) in [5.74, 6) is -4.52. The van der Waals surface area contributed by atoms with Gasteiger partial charge in [-0.05, 0) is 22.3 Å². The Hall–Kier alpha value is -4.55. The van der Waals surface area contributed by atoms with Crippen LogP contribution in [-0.4, -0.2) is 23.9 Å². The molecule has 4 aromatic rings. The smallest absolute Gasteiger partial charge is 0.545 e. The van der Waals surface area contributed by atoms with Gasteiger partial charge in [0.2, 0.25) is 0 Å². The molecule has 0 fully saturated rings. The van der Waals surface area contributed by atoms with E-state index >= 15 is 0 Å². The van der Waals surface area contributed by atoms with Crippen molar-refractivity contribution in [3.05, 3.63) is 144 Å². The largest absolute Gasteiger partial charge is 4.00 e. The van der Waals surface area contributed by atoms with Gasteiger partial charge in [-0.2, -0.15) is 0 Å². The number of carbonyl (C=O) groups excluding carboxylic acids is 4. The third-order valence-electron chi connectivity index (χ3n) is 4.04. The zero-order chi connectivity index (χ0) is 26.8. The summed E-state index contributed by atoms with van der Waals surface area (Å²) in [6.07, 6.45) is 0. The number of hydrogen-bond acceptors (Lipinski definition) is 8. The van der Waals surface area contributed by atoms with Crippen molar-refractivity contribution in [1.29, 1.82) is 0 Å². The summed E-state index contributed by atoms with van der Waals surface area (Å²) in [6.45, 7) is 0. The number of aromatic carboxylic acids is 4. The van der Waals surface area contributed by atoms with Crippen LogP contribution in [0.15, 0.2) is 121 Å². The Morgan fingerprint density at radius 1 is 0.324 bits per heavy atom. The first kappa shape index (κ1) is 32.4. The summed E-state index contributed by atoms with van der Waals surface area (Å²) in [7, 11) is 0. The van der Waals surface area contributed by atoms with E-state index < -0.39 is 23.9 Å². The van der Waals surface area contributed by atoms with Crippen LogP contribution in [0, 0.1) is 0 Å². The molecular formula is C28H20O8Pt. The standard InChI is InChI=1S/4C7H6O2.Pt/c4*8-7(9)6-4-2-1-3-5-6;/h4*1-5H,(H,8,9);/q;;;;+4/p-4. The predicted molar refractivity (Wildman–Crippen MR) is 123 cm³/mol. The molecule has 0 heterocycles. The van der Waals surface area contributed by atoms with Crippen LogP contribution in [0.2, 0.25) is 0 Å². The van der Waals surface area contributed by atoms with E-state index in [0.29, 0.717) is 0 Å². The molecule has 9 heteroatoms. The first-order valence-electron chi connectivity index (χ1n) is 10.3. The van der Waals surface area contributed by atoms with Gasteiger partial charge in [-0.1, -0.05) is 121 Å². The topological polar surface area (TPSA) is 161 Å². The number of carbonyl (C=O) groups is 4. The second-order valence-corrected chi connectivity index (χ2v) is 6.61. The number of carboxylic acids is 4. The molecule has 0 aliphatic heterocycles. The molecule has 0 saturated heterocycles. The molecule has 4 aromatic carbocycles. The fraction of sp³-hybridized carbons (Fsp3) is 0. The molecule has 0 amide bonds. The molecule has 190 valence electrons. The molecular weight excluding hydrogens is 659 g/mol. The van der Waals surface area contributed by atoms with Crippen molar-refractivity contribution < 1.29 is 60.7 Å². The molecule has 0 saturated carbocycles.